The number of hydrogen-bond acceptors (Lipinski definition) is 6. The third-order valence-electron chi connectivity index (χ3n) is 3.59. The van der Waals surface area contributed by atoms with Gasteiger partial charge in [0.05, 0.1) is 5.71 Å². The molecule has 4 N–H and O–H groups in total. The molecule has 0 unspecified atom stereocenters. The number of hydrogen-bond donors (Lipinski definition) is 4. The van der Waals surface area contributed by atoms with Gasteiger partial charge in [0.1, 0.15) is 0 Å². The summed E-state index contributed by atoms with van der Waals surface area (Å²) in [5.74, 6) is 0.573. The second kappa shape index (κ2) is 4.89. The number of benzene rings is 1. The third-order valence-corrected chi connectivity index (χ3v) is 3.59. The number of rotatable bonds is 1. The van der Waals surface area contributed by atoms with Gasteiger partial charge in [-0.25, -0.2) is 11.0 Å². The number of nitrogens with zero attached hydrogens (tertiary/aromatic N) is 2. The molecule has 6 nitrogen and oxygen atoms in total. The first-order valence-electron chi connectivity index (χ1n) is 6.51. The first-order valence-corrected chi connectivity index (χ1v) is 6.51. The van der Waals surface area contributed by atoms with Crippen LogP contribution in [0.1, 0.15) is 35.1 Å². The molecular weight excluding hydrogens is 240 g/mol. The van der Waals surface area contributed by atoms with Gasteiger partial charge in [-0.3, -0.25) is 5.43 Å². The quantitative estimate of drug-likeness (QED) is 0.563. The summed E-state index contributed by atoms with van der Waals surface area (Å²) in [6.07, 6.45) is 3.28. The average molecular weight is 258 g/mol. The maximum absolute atomic E-state index is 4.47. The Hall–Kier alpha value is -2.08. The Balaban J connectivity index is 1.89. The number of fused-ring (bicyclic) bond motifs is 1. The van der Waals surface area contributed by atoms with Crippen molar-refractivity contribution < 1.29 is 0 Å². The van der Waals surface area contributed by atoms with Crippen molar-refractivity contribution in [2.75, 3.05) is 0 Å². The first kappa shape index (κ1) is 12.0. The lowest BCUT2D eigenvalue weighted by atomic mass is 9.87. The number of hydrazine groups is 2. The van der Waals surface area contributed by atoms with Gasteiger partial charge in [-0.15, -0.1) is 10.6 Å². The molecule has 6 heteroatoms. The molecule has 0 bridgehead atoms. The molecular formula is C13H18N6. The minimum atomic E-state index is 0.573. The summed E-state index contributed by atoms with van der Waals surface area (Å²) in [7, 11) is 0. The van der Waals surface area contributed by atoms with Crippen molar-refractivity contribution in [2.24, 2.45) is 10.2 Å². The van der Waals surface area contributed by atoms with E-state index >= 15 is 0 Å². The minimum absolute atomic E-state index is 0.573. The molecule has 1 aliphatic heterocycles. The normalized spacial score (nSPS) is 19.5. The van der Waals surface area contributed by atoms with Gasteiger partial charge in [-0.1, -0.05) is 6.07 Å². The summed E-state index contributed by atoms with van der Waals surface area (Å²) in [6, 6.07) is 4.53. The molecule has 1 aromatic carbocycles. The van der Waals surface area contributed by atoms with Gasteiger partial charge in [0.25, 0.3) is 5.96 Å². The Bertz CT molecular complexity index is 560. The predicted molar refractivity (Wildman–Crippen MR) is 75.4 cm³/mol. The van der Waals surface area contributed by atoms with Gasteiger partial charge in [0.2, 0.25) is 0 Å². The maximum Gasteiger partial charge on any atom is 0.251 e. The standard InChI is InChI=1S/C13H18N6/c1-8-6-10-4-3-5-12(11(10)7-9(8)2)14-15-13-16-18-19-17-13/h6-7,18-19H,3-5H2,1-2H3,(H2,15,16,17)/b14-12+. The lowest BCUT2D eigenvalue weighted by molar-refractivity contribution is 0.575. The lowest BCUT2D eigenvalue weighted by Crippen LogP contribution is -2.40. The summed E-state index contributed by atoms with van der Waals surface area (Å²) >= 11 is 0. The summed E-state index contributed by atoms with van der Waals surface area (Å²) in [5, 5.41) is 8.40. The SMILES string of the molecule is Cc1cc2c(cc1C)/C(=N/NC1=NNNN1)CCC2. The van der Waals surface area contributed by atoms with Crippen LogP contribution in [0, 0.1) is 13.8 Å². The van der Waals surface area contributed by atoms with Crippen molar-refractivity contribution in [1.82, 2.24) is 21.9 Å². The van der Waals surface area contributed by atoms with Crippen LogP contribution in [-0.4, -0.2) is 11.7 Å². The molecule has 0 amide bonds. The second-order valence-corrected chi connectivity index (χ2v) is 4.94. The number of hydrazone groups is 2. The van der Waals surface area contributed by atoms with E-state index in [1.54, 1.807) is 0 Å². The van der Waals surface area contributed by atoms with E-state index in [4.69, 9.17) is 0 Å². The van der Waals surface area contributed by atoms with Crippen molar-refractivity contribution in [2.45, 2.75) is 33.1 Å². The zero-order valence-electron chi connectivity index (χ0n) is 11.2. The molecule has 3 rings (SSSR count). The van der Waals surface area contributed by atoms with Crippen LogP contribution in [0.3, 0.4) is 0 Å². The van der Waals surface area contributed by atoms with Crippen molar-refractivity contribution in [1.29, 1.82) is 0 Å². The largest absolute Gasteiger partial charge is 0.270 e. The number of guanidine groups is 1. The zero-order chi connectivity index (χ0) is 13.2. The van der Waals surface area contributed by atoms with Crippen LogP contribution in [0.5, 0.6) is 0 Å². The van der Waals surface area contributed by atoms with Crippen LogP contribution in [-0.2, 0) is 6.42 Å². The summed E-state index contributed by atoms with van der Waals surface area (Å²) in [5.41, 5.74) is 17.4. The molecule has 0 fully saturated rings. The molecule has 1 heterocycles. The number of nitrogens with one attached hydrogen (secondary N) is 4. The van der Waals surface area contributed by atoms with Gasteiger partial charge in [-0.2, -0.15) is 5.10 Å². The molecule has 0 saturated carbocycles. The highest BCUT2D eigenvalue weighted by Gasteiger charge is 2.17. The molecule has 0 saturated heterocycles. The highest BCUT2D eigenvalue weighted by Crippen LogP contribution is 2.24. The van der Waals surface area contributed by atoms with E-state index in [0.717, 1.165) is 25.0 Å². The highest BCUT2D eigenvalue weighted by molar-refractivity contribution is 6.03. The molecule has 0 radical (unpaired) electrons. The van der Waals surface area contributed by atoms with E-state index in [0.29, 0.717) is 5.96 Å². The topological polar surface area (TPSA) is 72.8 Å². The fourth-order valence-electron chi connectivity index (χ4n) is 2.42. The van der Waals surface area contributed by atoms with Crippen LogP contribution < -0.4 is 21.9 Å². The van der Waals surface area contributed by atoms with Gasteiger partial charge < -0.3 is 0 Å². The average Bonchev–Trinajstić information content (AvgIpc) is 2.91. The molecule has 100 valence electrons. The predicted octanol–water partition coefficient (Wildman–Crippen LogP) is 0.817. The smallest absolute Gasteiger partial charge is 0.251 e. The molecule has 1 aromatic rings. The third kappa shape index (κ3) is 2.39. The van der Waals surface area contributed by atoms with Crippen molar-refractivity contribution in [3.8, 4) is 0 Å². The Kier molecular flexibility index (Phi) is 3.08. The summed E-state index contributed by atoms with van der Waals surface area (Å²) < 4.78 is 0. The van der Waals surface area contributed by atoms with Crippen LogP contribution in [0.15, 0.2) is 22.3 Å². The van der Waals surface area contributed by atoms with E-state index in [2.05, 4.69) is 58.1 Å². The summed E-state index contributed by atoms with van der Waals surface area (Å²) in [6.45, 7) is 4.31. The fourth-order valence-corrected chi connectivity index (χ4v) is 2.42. The van der Waals surface area contributed by atoms with Crippen LogP contribution in [0.2, 0.25) is 0 Å². The maximum atomic E-state index is 4.47. The molecule has 0 aromatic heterocycles. The van der Waals surface area contributed by atoms with E-state index in [1.807, 2.05) is 0 Å². The molecule has 19 heavy (non-hydrogen) atoms. The minimum Gasteiger partial charge on any atom is -0.270 e. The number of aryl methyl sites for hydroxylation is 3. The van der Waals surface area contributed by atoms with Gasteiger partial charge >= 0.3 is 0 Å². The fraction of sp³-hybridized carbons (Fsp3) is 0.385. The highest BCUT2D eigenvalue weighted by atomic mass is 15.8. The monoisotopic (exact) mass is 258 g/mol. The Labute approximate surface area is 112 Å². The van der Waals surface area contributed by atoms with Crippen molar-refractivity contribution in [3.63, 3.8) is 0 Å². The van der Waals surface area contributed by atoms with Crippen LogP contribution >= 0.6 is 0 Å². The zero-order valence-corrected chi connectivity index (χ0v) is 11.2. The molecule has 2 aliphatic rings. The molecule has 0 spiro atoms. The Morgan fingerprint density at radius 1 is 1.21 bits per heavy atom. The molecule has 1 aliphatic carbocycles. The second-order valence-electron chi connectivity index (χ2n) is 4.94. The van der Waals surface area contributed by atoms with Crippen molar-refractivity contribution >= 4 is 11.7 Å². The first-order chi connectivity index (χ1) is 9.24. The van der Waals surface area contributed by atoms with E-state index in [1.165, 1.54) is 22.3 Å². The van der Waals surface area contributed by atoms with Gasteiger partial charge in [0.15, 0.2) is 0 Å². The van der Waals surface area contributed by atoms with E-state index < -0.39 is 0 Å². The van der Waals surface area contributed by atoms with E-state index in [9.17, 15) is 0 Å². The van der Waals surface area contributed by atoms with E-state index in [-0.39, 0.29) is 0 Å². The molecule has 0 atom stereocenters. The van der Waals surface area contributed by atoms with Gasteiger partial charge in [-0.05, 0) is 55.9 Å². The van der Waals surface area contributed by atoms with Crippen molar-refractivity contribution in [3.05, 3.63) is 34.4 Å². The summed E-state index contributed by atoms with van der Waals surface area (Å²) in [4.78, 5) is 0. The van der Waals surface area contributed by atoms with Crippen LogP contribution in [0.25, 0.3) is 0 Å². The van der Waals surface area contributed by atoms with Crippen LogP contribution in [0.4, 0.5) is 0 Å². The van der Waals surface area contributed by atoms with Gasteiger partial charge in [0, 0.05) is 5.56 Å². The Morgan fingerprint density at radius 2 is 2.05 bits per heavy atom. The lowest BCUT2D eigenvalue weighted by Gasteiger charge is -2.19. The Morgan fingerprint density at radius 3 is 2.84 bits per heavy atom.